The standard InChI is InChI=1S/C7H12O2.C4H12O3SSi/c1-3-5-6-9-7(8)4-2;1-5-9(3,6-2)7-4-8/h4H,2-3,5-6H2,1H3;8H,4H2,1-3H3. The zero-order chi connectivity index (χ0) is 14.4. The van der Waals surface area contributed by atoms with Crippen molar-refractivity contribution in [3.63, 3.8) is 0 Å². The zero-order valence-electron chi connectivity index (χ0n) is 11.6. The summed E-state index contributed by atoms with van der Waals surface area (Å²) in [4.78, 5) is 10.3. The second-order valence-corrected chi connectivity index (χ2v) is 6.36. The van der Waals surface area contributed by atoms with Crippen LogP contribution in [0.1, 0.15) is 19.8 Å². The summed E-state index contributed by atoms with van der Waals surface area (Å²) in [6, 6.07) is 0. The summed E-state index contributed by atoms with van der Waals surface area (Å²) in [5, 5.41) is 0. The van der Waals surface area contributed by atoms with Crippen LogP contribution in [0.4, 0.5) is 0 Å². The molecular formula is C11H24O5SSi. The molecule has 7 heteroatoms. The van der Waals surface area contributed by atoms with Crippen LogP contribution in [0.2, 0.25) is 6.55 Å². The molecule has 18 heavy (non-hydrogen) atoms. The van der Waals surface area contributed by atoms with Crippen LogP contribution >= 0.6 is 12.6 Å². The number of unbranched alkanes of at least 4 members (excludes halogenated alkanes) is 1. The van der Waals surface area contributed by atoms with Crippen molar-refractivity contribution in [3.05, 3.63) is 12.7 Å². The van der Waals surface area contributed by atoms with E-state index in [0.717, 1.165) is 12.8 Å². The Kier molecular flexibility index (Phi) is 14.5. The van der Waals surface area contributed by atoms with Crippen LogP contribution in [-0.4, -0.2) is 41.5 Å². The first kappa shape index (κ1) is 20.0. The molecule has 0 N–H and O–H groups in total. The molecule has 0 aliphatic heterocycles. The van der Waals surface area contributed by atoms with Crippen LogP contribution in [0.3, 0.4) is 0 Å². The molecule has 0 heterocycles. The van der Waals surface area contributed by atoms with Crippen LogP contribution in [0.25, 0.3) is 0 Å². The average molecular weight is 296 g/mol. The molecule has 0 aromatic heterocycles. The van der Waals surface area contributed by atoms with Crippen molar-refractivity contribution in [2.24, 2.45) is 0 Å². The van der Waals surface area contributed by atoms with Gasteiger partial charge in [0.05, 0.1) is 12.5 Å². The molecule has 0 saturated carbocycles. The van der Waals surface area contributed by atoms with Gasteiger partial charge in [-0.1, -0.05) is 19.9 Å². The van der Waals surface area contributed by atoms with Gasteiger partial charge in [-0.3, -0.25) is 0 Å². The van der Waals surface area contributed by atoms with Gasteiger partial charge in [0, 0.05) is 26.8 Å². The van der Waals surface area contributed by atoms with Crippen molar-refractivity contribution in [2.45, 2.75) is 26.3 Å². The van der Waals surface area contributed by atoms with Gasteiger partial charge in [0.1, 0.15) is 0 Å². The summed E-state index contributed by atoms with van der Waals surface area (Å²) in [5.41, 5.74) is 0. The lowest BCUT2D eigenvalue weighted by molar-refractivity contribution is -0.137. The van der Waals surface area contributed by atoms with Gasteiger partial charge < -0.3 is 18.0 Å². The number of carbonyl (C=O) groups excluding carboxylic acids is 1. The molecule has 0 atom stereocenters. The van der Waals surface area contributed by atoms with Crippen LogP contribution in [0.15, 0.2) is 12.7 Å². The average Bonchev–Trinajstić information content (AvgIpc) is 2.39. The van der Waals surface area contributed by atoms with Gasteiger partial charge in [0.25, 0.3) is 0 Å². The normalized spacial score (nSPS) is 10.3. The molecule has 0 rings (SSSR count). The van der Waals surface area contributed by atoms with Crippen LogP contribution in [0.5, 0.6) is 0 Å². The molecule has 0 spiro atoms. The van der Waals surface area contributed by atoms with Gasteiger partial charge in [-0.25, -0.2) is 4.79 Å². The highest BCUT2D eigenvalue weighted by Gasteiger charge is 2.30. The van der Waals surface area contributed by atoms with Gasteiger partial charge >= 0.3 is 14.8 Å². The minimum absolute atomic E-state index is 0.330. The summed E-state index contributed by atoms with van der Waals surface area (Å²) in [6.45, 7) is 7.63. The third-order valence-corrected chi connectivity index (χ3v) is 4.50. The topological polar surface area (TPSA) is 54.0 Å². The van der Waals surface area contributed by atoms with Crippen LogP contribution in [0, 0.1) is 0 Å². The summed E-state index contributed by atoms with van der Waals surface area (Å²) in [6.07, 6.45) is 3.15. The van der Waals surface area contributed by atoms with E-state index in [9.17, 15) is 4.79 Å². The zero-order valence-corrected chi connectivity index (χ0v) is 13.5. The van der Waals surface area contributed by atoms with E-state index in [1.54, 1.807) is 14.2 Å². The fraction of sp³-hybridized carbons (Fsp3) is 0.727. The highest BCUT2D eigenvalue weighted by Crippen LogP contribution is 2.05. The molecule has 0 radical (unpaired) electrons. The first-order valence-corrected chi connectivity index (χ1v) is 8.49. The Morgan fingerprint density at radius 3 is 2.22 bits per heavy atom. The van der Waals surface area contributed by atoms with Crippen molar-refractivity contribution >= 4 is 27.4 Å². The summed E-state index contributed by atoms with van der Waals surface area (Å²) in [5.74, 6) is 0.00756. The van der Waals surface area contributed by atoms with E-state index < -0.39 is 8.80 Å². The monoisotopic (exact) mass is 296 g/mol. The molecule has 0 amide bonds. The number of esters is 1. The first-order chi connectivity index (χ1) is 8.49. The number of thiol groups is 1. The highest BCUT2D eigenvalue weighted by molar-refractivity contribution is 7.80. The van der Waals surface area contributed by atoms with Crippen molar-refractivity contribution in [3.8, 4) is 0 Å². The van der Waals surface area contributed by atoms with Gasteiger partial charge in [-0.05, 0) is 6.42 Å². The predicted molar refractivity (Wildman–Crippen MR) is 76.6 cm³/mol. The molecule has 0 aliphatic rings. The summed E-state index contributed by atoms with van der Waals surface area (Å²) in [7, 11) is 0.863. The maximum atomic E-state index is 10.3. The highest BCUT2D eigenvalue weighted by atomic mass is 32.1. The Hall–Kier alpha value is -0.343. The van der Waals surface area contributed by atoms with E-state index >= 15 is 0 Å². The molecule has 0 fully saturated rings. The quantitative estimate of drug-likeness (QED) is 0.186. The Labute approximate surface area is 116 Å². The maximum absolute atomic E-state index is 10.3. The molecule has 0 saturated heterocycles. The van der Waals surface area contributed by atoms with E-state index in [1.807, 2.05) is 13.5 Å². The number of hydrogen-bond acceptors (Lipinski definition) is 6. The maximum Gasteiger partial charge on any atom is 0.497 e. The van der Waals surface area contributed by atoms with Gasteiger partial charge in [-0.15, -0.1) is 0 Å². The Balaban J connectivity index is 0. The molecule has 0 bridgehead atoms. The Morgan fingerprint density at radius 2 is 1.94 bits per heavy atom. The molecule has 0 aromatic rings. The van der Waals surface area contributed by atoms with E-state index in [0.29, 0.717) is 12.5 Å². The Bertz CT molecular complexity index is 221. The molecule has 0 aromatic carbocycles. The summed E-state index contributed by atoms with van der Waals surface area (Å²) < 4.78 is 19.7. The van der Waals surface area contributed by atoms with Crippen molar-refractivity contribution in [1.29, 1.82) is 0 Å². The minimum Gasteiger partial charge on any atom is -0.463 e. The van der Waals surface area contributed by atoms with E-state index in [1.165, 1.54) is 6.08 Å². The largest absolute Gasteiger partial charge is 0.497 e. The molecule has 5 nitrogen and oxygen atoms in total. The fourth-order valence-electron chi connectivity index (χ4n) is 0.694. The summed E-state index contributed by atoms with van der Waals surface area (Å²) >= 11 is 3.87. The lowest BCUT2D eigenvalue weighted by atomic mass is 10.4. The van der Waals surface area contributed by atoms with E-state index in [-0.39, 0.29) is 5.97 Å². The fourth-order valence-corrected chi connectivity index (χ4v) is 2.03. The smallest absolute Gasteiger partial charge is 0.463 e. The SMILES string of the molecule is C=CC(=O)OCCCC.CO[Si](C)(OC)OCS. The number of ether oxygens (including phenoxy) is 1. The second kappa shape index (κ2) is 13.1. The second-order valence-electron chi connectivity index (χ2n) is 3.27. The lowest BCUT2D eigenvalue weighted by Gasteiger charge is -2.20. The molecule has 0 aliphatic carbocycles. The number of carbonyl (C=O) groups is 1. The third kappa shape index (κ3) is 12.1. The van der Waals surface area contributed by atoms with Crippen LogP contribution < -0.4 is 0 Å². The van der Waals surface area contributed by atoms with Gasteiger partial charge in [0.2, 0.25) is 0 Å². The number of hydrogen-bond donors (Lipinski definition) is 1. The van der Waals surface area contributed by atoms with Crippen molar-refractivity contribution in [2.75, 3.05) is 26.8 Å². The first-order valence-electron chi connectivity index (χ1n) is 5.63. The van der Waals surface area contributed by atoms with Crippen molar-refractivity contribution in [1.82, 2.24) is 0 Å². The van der Waals surface area contributed by atoms with Gasteiger partial charge in [-0.2, -0.15) is 12.6 Å². The van der Waals surface area contributed by atoms with E-state index in [2.05, 4.69) is 23.9 Å². The Morgan fingerprint density at radius 1 is 1.39 bits per heavy atom. The molecule has 108 valence electrons. The van der Waals surface area contributed by atoms with Crippen LogP contribution in [-0.2, 0) is 22.8 Å². The van der Waals surface area contributed by atoms with Gasteiger partial charge in [0.15, 0.2) is 0 Å². The van der Waals surface area contributed by atoms with Crippen molar-refractivity contribution < 1.29 is 22.8 Å². The number of rotatable bonds is 8. The lowest BCUT2D eigenvalue weighted by Crippen LogP contribution is -2.39. The van der Waals surface area contributed by atoms with E-state index in [4.69, 9.17) is 13.3 Å². The minimum atomic E-state index is -2.27. The molecule has 0 unspecified atom stereocenters. The molecular weight excluding hydrogens is 272 g/mol. The predicted octanol–water partition coefficient (Wildman–Crippen LogP) is 2.27. The third-order valence-electron chi connectivity index (χ3n) is 1.98.